The van der Waals surface area contributed by atoms with Gasteiger partial charge in [-0.05, 0) is 24.3 Å². The summed E-state index contributed by atoms with van der Waals surface area (Å²) in [7, 11) is 0. The molecule has 2 rings (SSSR count). The van der Waals surface area contributed by atoms with E-state index in [-0.39, 0.29) is 11.5 Å². The Bertz CT molecular complexity index is 529. The first-order valence-corrected chi connectivity index (χ1v) is 5.33. The first-order valence-electron chi connectivity index (χ1n) is 5.33. The van der Waals surface area contributed by atoms with Crippen molar-refractivity contribution in [1.29, 1.82) is 0 Å². The van der Waals surface area contributed by atoms with Gasteiger partial charge in [0.05, 0.1) is 5.56 Å². The van der Waals surface area contributed by atoms with Crippen molar-refractivity contribution in [2.75, 3.05) is 0 Å². The number of rotatable bonds is 3. The zero-order valence-electron chi connectivity index (χ0n) is 9.66. The summed E-state index contributed by atoms with van der Waals surface area (Å²) in [4.78, 5) is 10.7. The van der Waals surface area contributed by atoms with Crippen LogP contribution in [0, 0.1) is 0 Å². The molecule has 1 aromatic carbocycles. The minimum atomic E-state index is -0.926. The molecule has 0 fully saturated rings. The van der Waals surface area contributed by atoms with Gasteiger partial charge in [-0.3, -0.25) is 4.57 Å². The number of carbonyl (C=O) groups is 1. The van der Waals surface area contributed by atoms with Crippen molar-refractivity contribution in [3.63, 3.8) is 0 Å². The Kier molecular flexibility index (Phi) is 2.91. The molecule has 0 spiro atoms. The smallest absolute Gasteiger partial charge is 0.335 e. The van der Waals surface area contributed by atoms with E-state index < -0.39 is 5.97 Å². The molecule has 0 aliphatic rings. The fourth-order valence-electron chi connectivity index (χ4n) is 1.60. The van der Waals surface area contributed by atoms with Crippen molar-refractivity contribution in [2.24, 2.45) is 0 Å². The highest BCUT2D eigenvalue weighted by molar-refractivity contribution is 5.87. The molecule has 5 heteroatoms. The number of benzene rings is 1. The van der Waals surface area contributed by atoms with Crippen LogP contribution in [-0.4, -0.2) is 25.8 Å². The van der Waals surface area contributed by atoms with Gasteiger partial charge in [-0.25, -0.2) is 4.79 Å². The molecule has 1 aromatic heterocycles. The first-order chi connectivity index (χ1) is 8.09. The van der Waals surface area contributed by atoms with E-state index in [0.717, 1.165) is 11.5 Å². The van der Waals surface area contributed by atoms with Gasteiger partial charge in [-0.2, -0.15) is 0 Å². The highest BCUT2D eigenvalue weighted by Gasteiger charge is 2.10. The van der Waals surface area contributed by atoms with E-state index in [1.165, 1.54) is 0 Å². The van der Waals surface area contributed by atoms with E-state index in [1.54, 1.807) is 30.6 Å². The summed E-state index contributed by atoms with van der Waals surface area (Å²) >= 11 is 0. The van der Waals surface area contributed by atoms with Crippen molar-refractivity contribution in [1.82, 2.24) is 14.8 Å². The molecule has 0 amide bonds. The third kappa shape index (κ3) is 2.18. The molecule has 0 saturated carbocycles. The molecule has 1 heterocycles. The third-order valence-corrected chi connectivity index (χ3v) is 2.48. The van der Waals surface area contributed by atoms with E-state index >= 15 is 0 Å². The SMILES string of the molecule is CC(C)c1nncn1-c1ccc(C(=O)O)cc1. The topological polar surface area (TPSA) is 68.0 Å². The van der Waals surface area contributed by atoms with E-state index in [4.69, 9.17) is 5.11 Å². The zero-order valence-corrected chi connectivity index (χ0v) is 9.66. The Hall–Kier alpha value is -2.17. The van der Waals surface area contributed by atoms with Crippen LogP contribution < -0.4 is 0 Å². The van der Waals surface area contributed by atoms with Gasteiger partial charge in [0.2, 0.25) is 0 Å². The molecular weight excluding hydrogens is 218 g/mol. The predicted octanol–water partition coefficient (Wildman–Crippen LogP) is 2.09. The lowest BCUT2D eigenvalue weighted by Gasteiger charge is -2.08. The lowest BCUT2D eigenvalue weighted by Crippen LogP contribution is -2.03. The maximum Gasteiger partial charge on any atom is 0.335 e. The monoisotopic (exact) mass is 231 g/mol. The Morgan fingerprint density at radius 3 is 2.47 bits per heavy atom. The number of hydrogen-bond donors (Lipinski definition) is 1. The second-order valence-corrected chi connectivity index (χ2v) is 4.07. The number of aromatic nitrogens is 3. The third-order valence-electron chi connectivity index (χ3n) is 2.48. The second kappa shape index (κ2) is 4.37. The molecule has 88 valence electrons. The van der Waals surface area contributed by atoms with E-state index in [0.29, 0.717) is 0 Å². The minimum absolute atomic E-state index is 0.261. The summed E-state index contributed by atoms with van der Waals surface area (Å²) in [6.07, 6.45) is 1.63. The Labute approximate surface area is 98.7 Å². The lowest BCUT2D eigenvalue weighted by atomic mass is 10.2. The van der Waals surface area contributed by atoms with Crippen LogP contribution in [0.4, 0.5) is 0 Å². The van der Waals surface area contributed by atoms with Gasteiger partial charge in [0.15, 0.2) is 0 Å². The lowest BCUT2D eigenvalue weighted by molar-refractivity contribution is 0.0697. The van der Waals surface area contributed by atoms with Crippen molar-refractivity contribution in [3.05, 3.63) is 42.0 Å². The number of carboxylic acid groups (broad SMARTS) is 1. The van der Waals surface area contributed by atoms with Crippen LogP contribution in [-0.2, 0) is 0 Å². The second-order valence-electron chi connectivity index (χ2n) is 4.07. The van der Waals surface area contributed by atoms with Gasteiger partial charge < -0.3 is 5.11 Å². The van der Waals surface area contributed by atoms with Crippen molar-refractivity contribution in [2.45, 2.75) is 19.8 Å². The van der Waals surface area contributed by atoms with E-state index in [2.05, 4.69) is 10.2 Å². The predicted molar refractivity (Wildman–Crippen MR) is 62.4 cm³/mol. The van der Waals surface area contributed by atoms with Crippen LogP contribution in [0.1, 0.15) is 35.9 Å². The molecule has 2 aromatic rings. The fourth-order valence-corrected chi connectivity index (χ4v) is 1.60. The standard InChI is InChI=1S/C12H13N3O2/c1-8(2)11-14-13-7-15(11)10-5-3-9(4-6-10)12(16)17/h3-8H,1-2H3,(H,16,17). The molecule has 0 saturated heterocycles. The van der Waals surface area contributed by atoms with E-state index in [1.807, 2.05) is 18.4 Å². The molecule has 0 aliphatic carbocycles. The molecule has 1 N–H and O–H groups in total. The molecule has 0 atom stereocenters. The number of nitrogens with zero attached hydrogens (tertiary/aromatic N) is 3. The molecule has 0 bridgehead atoms. The van der Waals surface area contributed by atoms with Crippen molar-refractivity contribution < 1.29 is 9.90 Å². The largest absolute Gasteiger partial charge is 0.478 e. The minimum Gasteiger partial charge on any atom is -0.478 e. The summed E-state index contributed by atoms with van der Waals surface area (Å²) in [6.45, 7) is 4.07. The molecule has 5 nitrogen and oxygen atoms in total. The molecule has 0 radical (unpaired) electrons. The number of aromatic carboxylic acids is 1. The first kappa shape index (κ1) is 11.3. The summed E-state index contributed by atoms with van der Waals surface area (Å²) < 4.78 is 1.86. The van der Waals surface area contributed by atoms with Gasteiger partial charge in [-0.15, -0.1) is 10.2 Å². The highest BCUT2D eigenvalue weighted by atomic mass is 16.4. The molecular formula is C12H13N3O2. The Balaban J connectivity index is 2.40. The number of carboxylic acids is 1. The average molecular weight is 231 g/mol. The maximum absolute atomic E-state index is 10.7. The van der Waals surface area contributed by atoms with Gasteiger partial charge >= 0.3 is 5.97 Å². The van der Waals surface area contributed by atoms with Crippen molar-refractivity contribution in [3.8, 4) is 5.69 Å². The number of hydrogen-bond acceptors (Lipinski definition) is 3. The quantitative estimate of drug-likeness (QED) is 0.878. The maximum atomic E-state index is 10.7. The average Bonchev–Trinajstić information content (AvgIpc) is 2.78. The van der Waals surface area contributed by atoms with Gasteiger partial charge in [0.25, 0.3) is 0 Å². The zero-order chi connectivity index (χ0) is 12.4. The van der Waals surface area contributed by atoms with Crippen LogP contribution in [0.5, 0.6) is 0 Å². The molecule has 0 aliphatic heterocycles. The van der Waals surface area contributed by atoms with Crippen LogP contribution >= 0.6 is 0 Å². The van der Waals surface area contributed by atoms with Gasteiger partial charge in [0.1, 0.15) is 12.2 Å². The fraction of sp³-hybridized carbons (Fsp3) is 0.250. The van der Waals surface area contributed by atoms with Crippen LogP contribution in [0.2, 0.25) is 0 Å². The molecule has 17 heavy (non-hydrogen) atoms. The van der Waals surface area contributed by atoms with Crippen molar-refractivity contribution >= 4 is 5.97 Å². The highest BCUT2D eigenvalue weighted by Crippen LogP contribution is 2.16. The van der Waals surface area contributed by atoms with Crippen LogP contribution in [0.15, 0.2) is 30.6 Å². The Morgan fingerprint density at radius 2 is 1.94 bits per heavy atom. The summed E-state index contributed by atoms with van der Waals surface area (Å²) in [5.74, 6) is 0.189. The van der Waals surface area contributed by atoms with Crippen LogP contribution in [0.25, 0.3) is 5.69 Å². The van der Waals surface area contributed by atoms with Gasteiger partial charge in [-0.1, -0.05) is 13.8 Å². The molecule has 0 unspecified atom stereocenters. The normalized spacial score (nSPS) is 10.8. The summed E-state index contributed by atoms with van der Waals surface area (Å²) in [5.41, 5.74) is 1.14. The summed E-state index contributed by atoms with van der Waals surface area (Å²) in [6, 6.07) is 6.64. The van der Waals surface area contributed by atoms with Crippen LogP contribution in [0.3, 0.4) is 0 Å². The summed E-state index contributed by atoms with van der Waals surface area (Å²) in [5, 5.41) is 16.7. The Morgan fingerprint density at radius 1 is 1.29 bits per heavy atom. The van der Waals surface area contributed by atoms with E-state index in [9.17, 15) is 4.79 Å². The van der Waals surface area contributed by atoms with Gasteiger partial charge in [0, 0.05) is 11.6 Å².